The Morgan fingerprint density at radius 2 is 2.20 bits per heavy atom. The van der Waals surface area contributed by atoms with Crippen molar-refractivity contribution in [2.24, 2.45) is 5.73 Å². The molecular formula is C15H23N5. The molecule has 0 amide bonds. The molecule has 1 aliphatic rings. The lowest BCUT2D eigenvalue weighted by molar-refractivity contribution is 0.200. The molecule has 2 aromatic rings. The first kappa shape index (κ1) is 13.5. The second kappa shape index (κ2) is 5.50. The Balaban J connectivity index is 1.91. The highest BCUT2D eigenvalue weighted by Gasteiger charge is 2.28. The number of likely N-dealkylation sites (tertiary alicyclic amines) is 1. The summed E-state index contributed by atoms with van der Waals surface area (Å²) in [6.07, 6.45) is 3.48. The number of hydrogen-bond acceptors (Lipinski definition) is 4. The fourth-order valence-electron chi connectivity index (χ4n) is 3.33. The first-order chi connectivity index (χ1) is 9.70. The van der Waals surface area contributed by atoms with Crippen molar-refractivity contribution in [1.82, 2.24) is 19.5 Å². The quantitative estimate of drug-likeness (QED) is 0.919. The maximum atomic E-state index is 5.84. The predicted molar refractivity (Wildman–Crippen MR) is 79.4 cm³/mol. The van der Waals surface area contributed by atoms with Crippen LogP contribution >= 0.6 is 0 Å². The SMILES string of the molecule is CC(C)N1CCCC1Cc1nnc2cccc(CN)n12. The van der Waals surface area contributed by atoms with Crippen LogP contribution in [0.1, 0.15) is 38.2 Å². The summed E-state index contributed by atoms with van der Waals surface area (Å²) >= 11 is 0. The third-order valence-electron chi connectivity index (χ3n) is 4.29. The minimum Gasteiger partial charge on any atom is -0.325 e. The topological polar surface area (TPSA) is 59.5 Å². The summed E-state index contributed by atoms with van der Waals surface area (Å²) in [7, 11) is 0. The van der Waals surface area contributed by atoms with Gasteiger partial charge in [0.25, 0.3) is 0 Å². The minimum absolute atomic E-state index is 0.515. The number of nitrogens with two attached hydrogens (primary N) is 1. The van der Waals surface area contributed by atoms with Gasteiger partial charge in [0.15, 0.2) is 5.65 Å². The highest BCUT2D eigenvalue weighted by atomic mass is 15.3. The molecule has 108 valence electrons. The van der Waals surface area contributed by atoms with E-state index in [1.54, 1.807) is 0 Å². The molecule has 2 N–H and O–H groups in total. The van der Waals surface area contributed by atoms with Gasteiger partial charge in [0.2, 0.25) is 0 Å². The first-order valence-corrected chi connectivity index (χ1v) is 7.48. The molecule has 3 heterocycles. The zero-order chi connectivity index (χ0) is 14.1. The largest absolute Gasteiger partial charge is 0.325 e. The number of pyridine rings is 1. The Bertz CT molecular complexity index is 589. The van der Waals surface area contributed by atoms with Crippen LogP contribution < -0.4 is 5.73 Å². The molecule has 0 saturated carbocycles. The summed E-state index contributed by atoms with van der Waals surface area (Å²) in [6, 6.07) is 7.20. The fraction of sp³-hybridized carbons (Fsp3) is 0.600. The second-order valence-electron chi connectivity index (χ2n) is 5.86. The zero-order valence-electron chi connectivity index (χ0n) is 12.3. The summed E-state index contributed by atoms with van der Waals surface area (Å²) in [5, 5.41) is 8.67. The lowest BCUT2D eigenvalue weighted by Gasteiger charge is -2.27. The molecule has 0 spiro atoms. The highest BCUT2D eigenvalue weighted by molar-refractivity contribution is 5.40. The van der Waals surface area contributed by atoms with Crippen LogP contribution in [-0.4, -0.2) is 38.1 Å². The standard InChI is InChI=1S/C15H23N5/c1-11(2)19-8-4-6-12(19)9-15-18-17-14-7-3-5-13(10-16)20(14)15/h3,5,7,11-12H,4,6,8-10,16H2,1-2H3. The Kier molecular flexibility index (Phi) is 3.72. The van der Waals surface area contributed by atoms with Gasteiger partial charge in [0, 0.05) is 30.7 Å². The molecule has 1 unspecified atom stereocenters. The van der Waals surface area contributed by atoms with Crippen LogP contribution in [0.25, 0.3) is 5.65 Å². The van der Waals surface area contributed by atoms with Crippen LogP contribution in [0, 0.1) is 0 Å². The van der Waals surface area contributed by atoms with E-state index in [2.05, 4.69) is 39.4 Å². The molecule has 0 aromatic carbocycles. The van der Waals surface area contributed by atoms with Crippen molar-refractivity contribution in [1.29, 1.82) is 0 Å². The van der Waals surface area contributed by atoms with Crippen LogP contribution in [0.5, 0.6) is 0 Å². The monoisotopic (exact) mass is 273 g/mol. The number of rotatable bonds is 4. The van der Waals surface area contributed by atoms with Crippen molar-refractivity contribution in [3.05, 3.63) is 29.7 Å². The number of nitrogens with zero attached hydrogens (tertiary/aromatic N) is 4. The van der Waals surface area contributed by atoms with E-state index in [9.17, 15) is 0 Å². The number of aromatic nitrogens is 3. The Labute approximate surface area is 119 Å². The van der Waals surface area contributed by atoms with Crippen molar-refractivity contribution >= 4 is 5.65 Å². The molecule has 5 nitrogen and oxygen atoms in total. The van der Waals surface area contributed by atoms with E-state index in [-0.39, 0.29) is 0 Å². The first-order valence-electron chi connectivity index (χ1n) is 7.48. The van der Waals surface area contributed by atoms with Gasteiger partial charge in [0.05, 0.1) is 0 Å². The summed E-state index contributed by atoms with van der Waals surface area (Å²) in [5.41, 5.74) is 7.82. The number of hydrogen-bond donors (Lipinski definition) is 1. The molecule has 1 atom stereocenters. The van der Waals surface area contributed by atoms with E-state index >= 15 is 0 Å². The van der Waals surface area contributed by atoms with E-state index in [0.717, 1.165) is 23.6 Å². The molecule has 1 aliphatic heterocycles. The predicted octanol–water partition coefficient (Wildman–Crippen LogP) is 1.60. The zero-order valence-corrected chi connectivity index (χ0v) is 12.3. The van der Waals surface area contributed by atoms with Gasteiger partial charge in [-0.1, -0.05) is 6.07 Å². The van der Waals surface area contributed by atoms with Crippen molar-refractivity contribution in [2.45, 2.75) is 51.7 Å². The molecule has 20 heavy (non-hydrogen) atoms. The molecule has 5 heteroatoms. The van der Waals surface area contributed by atoms with Crippen molar-refractivity contribution in [3.8, 4) is 0 Å². The van der Waals surface area contributed by atoms with E-state index in [0.29, 0.717) is 18.6 Å². The summed E-state index contributed by atoms with van der Waals surface area (Å²) in [6.45, 7) is 6.25. The van der Waals surface area contributed by atoms with Gasteiger partial charge in [-0.15, -0.1) is 10.2 Å². The average Bonchev–Trinajstić information content (AvgIpc) is 3.06. The molecule has 3 rings (SSSR count). The lowest BCUT2D eigenvalue weighted by Crippen LogP contribution is -2.37. The van der Waals surface area contributed by atoms with Gasteiger partial charge in [-0.25, -0.2) is 0 Å². The fourth-order valence-corrected chi connectivity index (χ4v) is 3.33. The van der Waals surface area contributed by atoms with Crippen LogP contribution in [0.4, 0.5) is 0 Å². The van der Waals surface area contributed by atoms with Gasteiger partial charge in [0.1, 0.15) is 5.82 Å². The molecule has 0 aliphatic carbocycles. The van der Waals surface area contributed by atoms with Gasteiger partial charge in [-0.05, 0) is 45.4 Å². The summed E-state index contributed by atoms with van der Waals surface area (Å²) in [4.78, 5) is 2.58. The molecule has 1 fully saturated rings. The molecule has 0 bridgehead atoms. The van der Waals surface area contributed by atoms with Crippen LogP contribution in [0.3, 0.4) is 0 Å². The molecular weight excluding hydrogens is 250 g/mol. The summed E-state index contributed by atoms with van der Waals surface area (Å²) < 4.78 is 2.12. The lowest BCUT2D eigenvalue weighted by atomic mass is 10.1. The average molecular weight is 273 g/mol. The smallest absolute Gasteiger partial charge is 0.161 e. The van der Waals surface area contributed by atoms with E-state index in [1.807, 2.05) is 12.1 Å². The van der Waals surface area contributed by atoms with Gasteiger partial charge >= 0.3 is 0 Å². The van der Waals surface area contributed by atoms with Crippen LogP contribution in [-0.2, 0) is 13.0 Å². The van der Waals surface area contributed by atoms with Gasteiger partial charge in [-0.2, -0.15) is 0 Å². The second-order valence-corrected chi connectivity index (χ2v) is 5.86. The maximum absolute atomic E-state index is 5.84. The molecule has 1 saturated heterocycles. The van der Waals surface area contributed by atoms with Crippen molar-refractivity contribution in [3.63, 3.8) is 0 Å². The van der Waals surface area contributed by atoms with Crippen molar-refractivity contribution < 1.29 is 0 Å². The minimum atomic E-state index is 0.515. The Morgan fingerprint density at radius 1 is 1.35 bits per heavy atom. The Morgan fingerprint density at radius 3 is 2.95 bits per heavy atom. The van der Waals surface area contributed by atoms with Crippen LogP contribution in [0.2, 0.25) is 0 Å². The van der Waals surface area contributed by atoms with E-state index < -0.39 is 0 Å². The third-order valence-corrected chi connectivity index (χ3v) is 4.29. The third kappa shape index (κ3) is 2.31. The maximum Gasteiger partial charge on any atom is 0.161 e. The van der Waals surface area contributed by atoms with E-state index in [1.165, 1.54) is 19.4 Å². The van der Waals surface area contributed by atoms with Crippen molar-refractivity contribution in [2.75, 3.05) is 6.54 Å². The van der Waals surface area contributed by atoms with Gasteiger partial charge < -0.3 is 5.73 Å². The van der Waals surface area contributed by atoms with Gasteiger partial charge in [-0.3, -0.25) is 9.30 Å². The highest BCUT2D eigenvalue weighted by Crippen LogP contribution is 2.23. The van der Waals surface area contributed by atoms with Crippen LogP contribution in [0.15, 0.2) is 18.2 Å². The molecule has 2 aromatic heterocycles. The molecule has 0 radical (unpaired) electrons. The summed E-state index contributed by atoms with van der Waals surface area (Å²) in [5.74, 6) is 1.04. The normalized spacial score (nSPS) is 20.3. The number of fused-ring (bicyclic) bond motifs is 1. The van der Waals surface area contributed by atoms with E-state index in [4.69, 9.17) is 5.73 Å². The Hall–Kier alpha value is -1.46.